The van der Waals surface area contributed by atoms with Crippen molar-refractivity contribution in [3.8, 4) is 0 Å². The van der Waals surface area contributed by atoms with Crippen LogP contribution in [0.1, 0.15) is 19.3 Å². The molecule has 5 nitrogen and oxygen atoms in total. The lowest BCUT2D eigenvalue weighted by Gasteiger charge is -2.32. The number of morpholine rings is 1. The normalized spacial score (nSPS) is 35.0. The molecule has 0 aromatic heterocycles. The van der Waals surface area contributed by atoms with Crippen molar-refractivity contribution in [3.05, 3.63) is 0 Å². The van der Waals surface area contributed by atoms with Crippen molar-refractivity contribution in [1.29, 1.82) is 0 Å². The Balaban J connectivity index is 1.58. The van der Waals surface area contributed by atoms with Gasteiger partial charge in [0.25, 0.3) is 0 Å². The zero-order valence-electron chi connectivity index (χ0n) is 11.7. The molecule has 3 atom stereocenters. The Hall–Kier alpha value is -0.650. The number of likely N-dealkylation sites (tertiary alicyclic amines) is 2. The molecule has 3 fully saturated rings. The van der Waals surface area contributed by atoms with Gasteiger partial charge in [-0.15, -0.1) is 0 Å². The average molecular weight is 268 g/mol. The summed E-state index contributed by atoms with van der Waals surface area (Å²) in [5.74, 6) is 0.425. The maximum absolute atomic E-state index is 12.5. The van der Waals surface area contributed by atoms with Gasteiger partial charge < -0.3 is 14.4 Å². The van der Waals surface area contributed by atoms with Crippen molar-refractivity contribution < 1.29 is 14.3 Å². The third-order valence-corrected chi connectivity index (χ3v) is 4.58. The van der Waals surface area contributed by atoms with E-state index < -0.39 is 0 Å². The van der Waals surface area contributed by atoms with Gasteiger partial charge in [0.1, 0.15) is 0 Å². The summed E-state index contributed by atoms with van der Waals surface area (Å²) in [6.07, 6.45) is 3.57. The monoisotopic (exact) mass is 268 g/mol. The van der Waals surface area contributed by atoms with Gasteiger partial charge in [-0.1, -0.05) is 0 Å². The SMILES string of the molecule is COCCN1CC2CC(C(=O)N3CCCC3)C(C1)O2. The molecule has 3 heterocycles. The Morgan fingerprint density at radius 3 is 2.84 bits per heavy atom. The fraction of sp³-hybridized carbons (Fsp3) is 0.929. The van der Waals surface area contributed by atoms with Crippen LogP contribution in [0.5, 0.6) is 0 Å². The number of hydrogen-bond donors (Lipinski definition) is 0. The van der Waals surface area contributed by atoms with E-state index in [1.54, 1.807) is 7.11 Å². The number of fused-ring (bicyclic) bond motifs is 2. The maximum Gasteiger partial charge on any atom is 0.228 e. The highest BCUT2D eigenvalue weighted by atomic mass is 16.5. The summed E-state index contributed by atoms with van der Waals surface area (Å²) in [5, 5.41) is 0. The molecule has 0 aliphatic carbocycles. The highest BCUT2D eigenvalue weighted by Gasteiger charge is 2.45. The summed E-state index contributed by atoms with van der Waals surface area (Å²) < 4.78 is 11.1. The van der Waals surface area contributed by atoms with Crippen LogP contribution in [0, 0.1) is 5.92 Å². The number of amides is 1. The van der Waals surface area contributed by atoms with Crippen molar-refractivity contribution in [3.63, 3.8) is 0 Å². The topological polar surface area (TPSA) is 42.0 Å². The molecule has 5 heteroatoms. The van der Waals surface area contributed by atoms with E-state index in [1.165, 1.54) is 0 Å². The molecule has 3 saturated heterocycles. The van der Waals surface area contributed by atoms with Crippen LogP contribution < -0.4 is 0 Å². The minimum absolute atomic E-state index is 0.0932. The molecular formula is C14H24N2O3. The molecule has 1 amide bonds. The highest BCUT2D eigenvalue weighted by Crippen LogP contribution is 2.33. The molecule has 108 valence electrons. The van der Waals surface area contributed by atoms with Crippen molar-refractivity contribution in [2.24, 2.45) is 5.92 Å². The summed E-state index contributed by atoms with van der Waals surface area (Å²) in [7, 11) is 1.73. The molecule has 3 aliphatic rings. The highest BCUT2D eigenvalue weighted by molar-refractivity contribution is 5.80. The second-order valence-corrected chi connectivity index (χ2v) is 5.92. The number of rotatable bonds is 4. The molecule has 3 aliphatic heterocycles. The van der Waals surface area contributed by atoms with E-state index in [-0.39, 0.29) is 18.1 Å². The van der Waals surface area contributed by atoms with Crippen molar-refractivity contribution in [2.45, 2.75) is 31.5 Å². The standard InChI is InChI=1S/C14H24N2O3/c1-18-7-6-15-9-11-8-12(13(10-15)19-11)14(17)16-4-2-3-5-16/h11-13H,2-10H2,1H3. The van der Waals surface area contributed by atoms with Crippen LogP contribution in [-0.2, 0) is 14.3 Å². The van der Waals surface area contributed by atoms with E-state index in [9.17, 15) is 4.79 Å². The zero-order chi connectivity index (χ0) is 13.2. The van der Waals surface area contributed by atoms with E-state index in [2.05, 4.69) is 4.90 Å². The Bertz CT molecular complexity index is 331. The quantitative estimate of drug-likeness (QED) is 0.737. The molecule has 0 radical (unpaired) electrons. The van der Waals surface area contributed by atoms with E-state index in [4.69, 9.17) is 9.47 Å². The third kappa shape index (κ3) is 2.78. The van der Waals surface area contributed by atoms with Crippen LogP contribution in [0.4, 0.5) is 0 Å². The molecule has 3 rings (SSSR count). The van der Waals surface area contributed by atoms with Crippen molar-refractivity contribution in [1.82, 2.24) is 9.80 Å². The Morgan fingerprint density at radius 2 is 2.11 bits per heavy atom. The van der Waals surface area contributed by atoms with Crippen LogP contribution in [0.25, 0.3) is 0 Å². The predicted molar refractivity (Wildman–Crippen MR) is 70.9 cm³/mol. The minimum Gasteiger partial charge on any atom is -0.383 e. The molecule has 0 N–H and O–H groups in total. The summed E-state index contributed by atoms with van der Waals surface area (Å²) in [6.45, 7) is 5.41. The maximum atomic E-state index is 12.5. The summed E-state index contributed by atoms with van der Waals surface area (Å²) in [4.78, 5) is 16.9. The lowest BCUT2D eigenvalue weighted by Crippen LogP contribution is -2.46. The van der Waals surface area contributed by atoms with Gasteiger partial charge in [0, 0.05) is 39.8 Å². The Kier molecular flexibility index (Phi) is 4.05. The van der Waals surface area contributed by atoms with Crippen LogP contribution in [0.15, 0.2) is 0 Å². The first-order valence-corrected chi connectivity index (χ1v) is 7.43. The summed E-state index contributed by atoms with van der Waals surface area (Å²) in [5.41, 5.74) is 0. The van der Waals surface area contributed by atoms with Gasteiger partial charge in [-0.2, -0.15) is 0 Å². The van der Waals surface area contributed by atoms with E-state index >= 15 is 0 Å². The van der Waals surface area contributed by atoms with E-state index in [0.29, 0.717) is 5.91 Å². The largest absolute Gasteiger partial charge is 0.383 e. The molecule has 0 spiro atoms. The van der Waals surface area contributed by atoms with Crippen LogP contribution in [-0.4, -0.2) is 74.4 Å². The van der Waals surface area contributed by atoms with Crippen LogP contribution in [0.3, 0.4) is 0 Å². The summed E-state index contributed by atoms with van der Waals surface area (Å²) in [6, 6.07) is 0. The van der Waals surface area contributed by atoms with Crippen LogP contribution in [0.2, 0.25) is 0 Å². The van der Waals surface area contributed by atoms with Gasteiger partial charge in [0.05, 0.1) is 24.7 Å². The molecule has 0 aromatic rings. The average Bonchev–Trinajstić information content (AvgIpc) is 3.04. The number of methoxy groups -OCH3 is 1. The first-order chi connectivity index (χ1) is 9.28. The number of ether oxygens (including phenoxy) is 2. The number of carbonyl (C=O) groups excluding carboxylic acids is 1. The number of nitrogens with zero attached hydrogens (tertiary/aromatic N) is 2. The lowest BCUT2D eigenvalue weighted by atomic mass is 9.99. The van der Waals surface area contributed by atoms with Crippen molar-refractivity contribution >= 4 is 5.91 Å². The minimum atomic E-state index is 0.0932. The van der Waals surface area contributed by atoms with Gasteiger partial charge in [-0.3, -0.25) is 9.69 Å². The lowest BCUT2D eigenvalue weighted by molar-refractivity contribution is -0.137. The first-order valence-electron chi connectivity index (χ1n) is 7.43. The summed E-state index contributed by atoms with van der Waals surface area (Å²) >= 11 is 0. The molecule has 19 heavy (non-hydrogen) atoms. The van der Waals surface area contributed by atoms with Crippen LogP contribution >= 0.6 is 0 Å². The fourth-order valence-electron chi connectivity index (χ4n) is 3.57. The predicted octanol–water partition coefficient (Wildman–Crippen LogP) is 0.345. The second kappa shape index (κ2) is 5.77. The van der Waals surface area contributed by atoms with E-state index in [0.717, 1.165) is 58.6 Å². The zero-order valence-corrected chi connectivity index (χ0v) is 11.7. The van der Waals surface area contributed by atoms with E-state index in [1.807, 2.05) is 4.90 Å². The van der Waals surface area contributed by atoms with Gasteiger partial charge in [0.15, 0.2) is 0 Å². The first kappa shape index (κ1) is 13.3. The molecule has 2 bridgehead atoms. The van der Waals surface area contributed by atoms with Gasteiger partial charge in [-0.05, 0) is 19.3 Å². The van der Waals surface area contributed by atoms with Gasteiger partial charge in [0.2, 0.25) is 5.91 Å². The Labute approximate surface area is 114 Å². The number of carbonyl (C=O) groups is 1. The Morgan fingerprint density at radius 1 is 1.32 bits per heavy atom. The molecule has 3 unspecified atom stereocenters. The fourth-order valence-corrected chi connectivity index (χ4v) is 3.57. The molecule has 0 saturated carbocycles. The molecular weight excluding hydrogens is 244 g/mol. The molecule has 0 aromatic carbocycles. The second-order valence-electron chi connectivity index (χ2n) is 5.92. The van der Waals surface area contributed by atoms with Crippen molar-refractivity contribution in [2.75, 3.05) is 46.4 Å². The van der Waals surface area contributed by atoms with Gasteiger partial charge >= 0.3 is 0 Å². The van der Waals surface area contributed by atoms with Gasteiger partial charge in [-0.25, -0.2) is 0 Å². The smallest absolute Gasteiger partial charge is 0.228 e. The third-order valence-electron chi connectivity index (χ3n) is 4.58. The number of hydrogen-bond acceptors (Lipinski definition) is 4.